The van der Waals surface area contributed by atoms with E-state index in [1.165, 1.54) is 7.11 Å². The molecular weight excluding hydrogens is 373 g/mol. The summed E-state index contributed by atoms with van der Waals surface area (Å²) in [6.45, 7) is 1.02. The molecule has 2 rings (SSSR count). The molecule has 1 aromatic carbocycles. The number of ether oxygens (including phenoxy) is 2. The summed E-state index contributed by atoms with van der Waals surface area (Å²) >= 11 is 12.1. The highest BCUT2D eigenvalue weighted by Gasteiger charge is 2.27. The lowest BCUT2D eigenvalue weighted by Gasteiger charge is -2.26. The number of benzene rings is 1. The van der Waals surface area contributed by atoms with Crippen molar-refractivity contribution in [3.8, 4) is 0 Å². The number of rotatable bonds is 7. The molecule has 24 heavy (non-hydrogen) atoms. The zero-order valence-electron chi connectivity index (χ0n) is 13.6. The molecule has 0 unspecified atom stereocenters. The van der Waals surface area contributed by atoms with Crippen LogP contribution in [0.15, 0.2) is 18.2 Å². The summed E-state index contributed by atoms with van der Waals surface area (Å²) in [5.74, 6) is 0.0144. The third kappa shape index (κ3) is 5.86. The van der Waals surface area contributed by atoms with Crippen molar-refractivity contribution < 1.29 is 17.9 Å². The topological polar surface area (TPSA) is 64.6 Å². The Hall–Kier alpha value is -0.370. The quantitative estimate of drug-likeness (QED) is 0.769. The van der Waals surface area contributed by atoms with Crippen LogP contribution >= 0.6 is 23.2 Å². The lowest BCUT2D eigenvalue weighted by Crippen LogP contribution is -2.38. The molecule has 0 spiro atoms. The number of methoxy groups -OCH3 is 1. The van der Waals surface area contributed by atoms with Crippen LogP contribution in [-0.2, 0) is 19.5 Å². The van der Waals surface area contributed by atoms with Crippen molar-refractivity contribution in [1.29, 1.82) is 0 Å². The van der Waals surface area contributed by atoms with Gasteiger partial charge in [0.2, 0.25) is 10.0 Å². The highest BCUT2D eigenvalue weighted by Crippen LogP contribution is 2.33. The summed E-state index contributed by atoms with van der Waals surface area (Å²) in [6.07, 6.45) is 2.67. The molecule has 8 heteroatoms. The maximum atomic E-state index is 12.0. The first-order chi connectivity index (χ1) is 11.4. The first-order valence-electron chi connectivity index (χ1n) is 7.96. The summed E-state index contributed by atoms with van der Waals surface area (Å²) in [7, 11) is -1.90. The van der Waals surface area contributed by atoms with E-state index in [1.807, 2.05) is 12.1 Å². The molecule has 1 aromatic rings. The Kier molecular flexibility index (Phi) is 7.78. The predicted molar refractivity (Wildman–Crippen MR) is 96.5 cm³/mol. The van der Waals surface area contributed by atoms with E-state index in [9.17, 15) is 8.42 Å². The van der Waals surface area contributed by atoms with E-state index < -0.39 is 10.0 Å². The van der Waals surface area contributed by atoms with Gasteiger partial charge in [0.25, 0.3) is 0 Å². The van der Waals surface area contributed by atoms with E-state index in [1.54, 1.807) is 6.07 Å². The molecule has 136 valence electrons. The van der Waals surface area contributed by atoms with Crippen LogP contribution in [0, 0.1) is 0 Å². The van der Waals surface area contributed by atoms with Crippen molar-refractivity contribution in [2.75, 3.05) is 32.6 Å². The molecular formula is C16H23Cl2NO4S. The van der Waals surface area contributed by atoms with Crippen molar-refractivity contribution in [2.45, 2.75) is 31.3 Å². The van der Waals surface area contributed by atoms with Crippen LogP contribution < -0.4 is 4.72 Å². The zero-order chi connectivity index (χ0) is 17.6. The second-order valence-corrected chi connectivity index (χ2v) is 8.59. The van der Waals surface area contributed by atoms with Crippen LogP contribution in [0.4, 0.5) is 0 Å². The van der Waals surface area contributed by atoms with Gasteiger partial charge in [0.05, 0.1) is 28.5 Å². The molecule has 1 N–H and O–H groups in total. The summed E-state index contributed by atoms with van der Waals surface area (Å²) in [4.78, 5) is 0. The van der Waals surface area contributed by atoms with Gasteiger partial charge >= 0.3 is 0 Å². The molecule has 0 radical (unpaired) electrons. The molecule has 0 aliphatic carbocycles. The van der Waals surface area contributed by atoms with E-state index in [2.05, 4.69) is 4.72 Å². The van der Waals surface area contributed by atoms with Crippen molar-refractivity contribution in [3.05, 3.63) is 33.8 Å². The summed E-state index contributed by atoms with van der Waals surface area (Å²) in [5.41, 5.74) is 1.02. The average molecular weight is 396 g/mol. The standard InChI is InChI=1S/C16H23Cl2NO4S/c1-22-8-9-24(20,21)19-11-16-13(4-2-3-7-23-16)12-5-6-14(17)15(18)10-12/h5-6,10,13,16,19H,2-4,7-9,11H2,1H3/t13-,16+/m0/s1. The Balaban J connectivity index is 2.10. The predicted octanol–water partition coefficient (Wildman–Crippen LogP) is 3.21. The summed E-state index contributed by atoms with van der Waals surface area (Å²) in [6, 6.07) is 5.54. The SMILES string of the molecule is COCCS(=O)(=O)NC[C@H]1OCCCC[C@H]1c1ccc(Cl)c(Cl)c1. The first kappa shape index (κ1) is 19.9. The average Bonchev–Trinajstić information content (AvgIpc) is 2.79. The van der Waals surface area contributed by atoms with Crippen LogP contribution in [0.3, 0.4) is 0 Å². The zero-order valence-corrected chi connectivity index (χ0v) is 16.0. The Morgan fingerprint density at radius 2 is 2.08 bits per heavy atom. The minimum absolute atomic E-state index is 0.0618. The van der Waals surface area contributed by atoms with E-state index in [0.717, 1.165) is 24.8 Å². The van der Waals surface area contributed by atoms with Gasteiger partial charge in [0, 0.05) is 26.2 Å². The Labute approximate surface area is 153 Å². The molecule has 0 bridgehead atoms. The molecule has 1 heterocycles. The van der Waals surface area contributed by atoms with Crippen LogP contribution in [0.25, 0.3) is 0 Å². The van der Waals surface area contributed by atoms with E-state index >= 15 is 0 Å². The smallest absolute Gasteiger partial charge is 0.213 e. The van der Waals surface area contributed by atoms with Crippen molar-refractivity contribution in [3.63, 3.8) is 0 Å². The number of halogens is 2. The van der Waals surface area contributed by atoms with Gasteiger partial charge in [0.15, 0.2) is 0 Å². The second kappa shape index (κ2) is 9.36. The van der Waals surface area contributed by atoms with Gasteiger partial charge in [-0.3, -0.25) is 0 Å². The fraction of sp³-hybridized carbons (Fsp3) is 0.625. The lowest BCUT2D eigenvalue weighted by atomic mass is 9.89. The van der Waals surface area contributed by atoms with Gasteiger partial charge in [-0.1, -0.05) is 35.7 Å². The fourth-order valence-electron chi connectivity index (χ4n) is 2.80. The number of nitrogens with one attached hydrogen (secondary N) is 1. The van der Waals surface area contributed by atoms with Gasteiger partial charge < -0.3 is 9.47 Å². The highest BCUT2D eigenvalue weighted by molar-refractivity contribution is 7.89. The first-order valence-corrected chi connectivity index (χ1v) is 10.4. The molecule has 0 saturated carbocycles. The second-order valence-electron chi connectivity index (χ2n) is 5.85. The maximum absolute atomic E-state index is 12.0. The Morgan fingerprint density at radius 1 is 1.29 bits per heavy atom. The van der Waals surface area contributed by atoms with E-state index in [4.69, 9.17) is 32.7 Å². The van der Waals surface area contributed by atoms with Gasteiger partial charge in [-0.25, -0.2) is 13.1 Å². The van der Waals surface area contributed by atoms with Crippen molar-refractivity contribution >= 4 is 33.2 Å². The van der Waals surface area contributed by atoms with Gasteiger partial charge in [-0.2, -0.15) is 0 Å². The van der Waals surface area contributed by atoms with Gasteiger partial charge in [-0.05, 0) is 30.5 Å². The minimum Gasteiger partial charge on any atom is -0.384 e. The Morgan fingerprint density at radius 3 is 2.79 bits per heavy atom. The largest absolute Gasteiger partial charge is 0.384 e. The van der Waals surface area contributed by atoms with E-state index in [0.29, 0.717) is 16.7 Å². The normalized spacial score (nSPS) is 22.3. The molecule has 0 aromatic heterocycles. The molecule has 2 atom stereocenters. The van der Waals surface area contributed by atoms with Crippen LogP contribution in [-0.4, -0.2) is 47.1 Å². The summed E-state index contributed by atoms with van der Waals surface area (Å²) < 4.78 is 37.3. The van der Waals surface area contributed by atoms with Crippen molar-refractivity contribution in [2.24, 2.45) is 0 Å². The third-order valence-corrected chi connectivity index (χ3v) is 6.17. The molecule has 0 amide bonds. The minimum atomic E-state index is -3.38. The monoisotopic (exact) mass is 395 g/mol. The number of hydrogen-bond donors (Lipinski definition) is 1. The van der Waals surface area contributed by atoms with Gasteiger partial charge in [0.1, 0.15) is 0 Å². The highest BCUT2D eigenvalue weighted by atomic mass is 35.5. The number of sulfonamides is 1. The van der Waals surface area contributed by atoms with Crippen molar-refractivity contribution in [1.82, 2.24) is 4.72 Å². The van der Waals surface area contributed by atoms with Crippen LogP contribution in [0.1, 0.15) is 30.7 Å². The van der Waals surface area contributed by atoms with Crippen LogP contribution in [0.5, 0.6) is 0 Å². The maximum Gasteiger partial charge on any atom is 0.213 e. The molecule has 1 saturated heterocycles. The molecule has 1 aliphatic rings. The van der Waals surface area contributed by atoms with Gasteiger partial charge in [-0.15, -0.1) is 0 Å². The molecule has 1 aliphatic heterocycles. The molecule has 1 fully saturated rings. The summed E-state index contributed by atoms with van der Waals surface area (Å²) in [5, 5.41) is 1.00. The molecule has 5 nitrogen and oxygen atoms in total. The fourth-order valence-corrected chi connectivity index (χ4v) is 4.06. The Bertz CT molecular complexity index is 639. The van der Waals surface area contributed by atoms with Crippen LogP contribution in [0.2, 0.25) is 10.0 Å². The van der Waals surface area contributed by atoms with E-state index in [-0.39, 0.29) is 30.9 Å². The third-order valence-electron chi connectivity index (χ3n) is 4.12. The lowest BCUT2D eigenvalue weighted by molar-refractivity contribution is 0.0497. The number of hydrogen-bond acceptors (Lipinski definition) is 4.